The Morgan fingerprint density at radius 2 is 1.87 bits per heavy atom. The Balaban J connectivity index is 1.23. The van der Waals surface area contributed by atoms with Crippen molar-refractivity contribution in [3.05, 3.63) is 78.0 Å². The monoisotopic (exact) mass is 668 g/mol. The van der Waals surface area contributed by atoms with E-state index in [-0.39, 0.29) is 24.0 Å². The van der Waals surface area contributed by atoms with Gasteiger partial charge in [-0.25, -0.2) is 13.1 Å². The minimum Gasteiger partial charge on any atom is -0.486 e. The van der Waals surface area contributed by atoms with Crippen LogP contribution in [0, 0.1) is 5.92 Å². The lowest BCUT2D eigenvalue weighted by atomic mass is 9.96. The van der Waals surface area contributed by atoms with E-state index < -0.39 is 39.7 Å². The van der Waals surface area contributed by atoms with Crippen LogP contribution in [0.15, 0.2) is 66.9 Å². The van der Waals surface area contributed by atoms with E-state index in [1.165, 1.54) is 0 Å². The minimum absolute atomic E-state index is 0.0631. The van der Waals surface area contributed by atoms with Crippen molar-refractivity contribution in [1.82, 2.24) is 20.4 Å². The van der Waals surface area contributed by atoms with Gasteiger partial charge < -0.3 is 24.8 Å². The topological polar surface area (TPSA) is 138 Å². The lowest BCUT2D eigenvalue weighted by molar-refractivity contribution is -0.143. The first kappa shape index (κ1) is 32.2. The normalized spacial score (nSPS) is 18.3. The van der Waals surface area contributed by atoms with Gasteiger partial charge in [0.25, 0.3) is 11.8 Å². The number of aromatic nitrogens is 2. The number of ether oxygens (including phenoxy) is 3. The molecule has 2 aliphatic heterocycles. The molecule has 0 bridgehead atoms. The maximum absolute atomic E-state index is 13.5. The van der Waals surface area contributed by atoms with Crippen molar-refractivity contribution in [2.75, 3.05) is 31.3 Å². The van der Waals surface area contributed by atoms with Gasteiger partial charge in [-0.3, -0.25) is 9.59 Å². The lowest BCUT2D eigenvalue weighted by Gasteiger charge is -2.28. The third-order valence-corrected chi connectivity index (χ3v) is 9.89. The number of sulfone groups is 1. The summed E-state index contributed by atoms with van der Waals surface area (Å²) in [5, 5.41) is 10.4. The SMILES string of the molecule is C[C@H](CNC(=O)C(C)(F)F)C(Oc1ccc2c(cnn2-c2cccc(C(=O)NC3CCS(=O)(=O)C3)c2)c1)c1ccc2c(c1)OCCO2. The zero-order chi connectivity index (χ0) is 33.3. The number of amides is 2. The molecule has 2 unspecified atom stereocenters. The fourth-order valence-corrected chi connectivity index (χ4v) is 7.33. The smallest absolute Gasteiger partial charge is 0.321 e. The van der Waals surface area contributed by atoms with Gasteiger partial charge in [-0.1, -0.05) is 19.1 Å². The fourth-order valence-electron chi connectivity index (χ4n) is 5.66. The first-order chi connectivity index (χ1) is 22.4. The number of hydrogen-bond donors (Lipinski definition) is 2. The first-order valence-corrected chi connectivity index (χ1v) is 17.0. The van der Waals surface area contributed by atoms with Crippen molar-refractivity contribution in [1.29, 1.82) is 0 Å². The van der Waals surface area contributed by atoms with E-state index in [1.54, 1.807) is 66.3 Å². The Hall–Kier alpha value is -4.72. The van der Waals surface area contributed by atoms with Crippen LogP contribution in [0.2, 0.25) is 0 Å². The zero-order valence-corrected chi connectivity index (χ0v) is 26.6. The highest BCUT2D eigenvalue weighted by atomic mass is 32.2. The maximum atomic E-state index is 13.5. The summed E-state index contributed by atoms with van der Waals surface area (Å²) >= 11 is 0. The Kier molecular flexibility index (Phi) is 8.79. The summed E-state index contributed by atoms with van der Waals surface area (Å²) in [7, 11) is -3.13. The van der Waals surface area contributed by atoms with Crippen LogP contribution in [-0.4, -0.2) is 73.2 Å². The standard InChI is InChI=1S/C33H34F2N4O7S/c1-20(17-36-32(41)33(2,34)35)30(21-6-9-28-29(16-21)45-12-11-44-28)46-26-7-8-27-23(15-26)18-37-39(27)25-5-3-4-22(14-25)31(40)38-24-10-13-47(42,43)19-24/h3-9,14-16,18,20,24,30H,10-13,17,19H2,1-2H3,(H,36,41)(H,38,40)/t20-,24?,30?/m1/s1. The summed E-state index contributed by atoms with van der Waals surface area (Å²) in [4.78, 5) is 24.8. The van der Waals surface area contributed by atoms with Crippen LogP contribution in [-0.2, 0) is 14.6 Å². The highest BCUT2D eigenvalue weighted by Crippen LogP contribution is 2.37. The van der Waals surface area contributed by atoms with Crippen molar-refractivity contribution in [3.8, 4) is 22.9 Å². The molecule has 2 amide bonds. The van der Waals surface area contributed by atoms with E-state index in [0.29, 0.717) is 60.6 Å². The van der Waals surface area contributed by atoms with Crippen LogP contribution in [0.25, 0.3) is 16.6 Å². The molecular formula is C33H34F2N4O7S. The van der Waals surface area contributed by atoms with Gasteiger partial charge in [-0.05, 0) is 60.5 Å². The van der Waals surface area contributed by atoms with Gasteiger partial charge in [-0.15, -0.1) is 0 Å². The first-order valence-electron chi connectivity index (χ1n) is 15.2. The van der Waals surface area contributed by atoms with Crippen molar-refractivity contribution in [2.45, 2.75) is 38.3 Å². The van der Waals surface area contributed by atoms with Crippen molar-refractivity contribution in [2.24, 2.45) is 5.92 Å². The van der Waals surface area contributed by atoms with Crippen molar-refractivity contribution in [3.63, 3.8) is 0 Å². The number of carbonyl (C=O) groups is 2. The summed E-state index contributed by atoms with van der Waals surface area (Å²) < 4.78 is 70.2. The highest BCUT2D eigenvalue weighted by Gasteiger charge is 2.33. The van der Waals surface area contributed by atoms with Gasteiger partial charge in [-0.2, -0.15) is 13.9 Å². The molecule has 2 N–H and O–H groups in total. The molecule has 6 rings (SSSR count). The molecule has 14 heteroatoms. The minimum atomic E-state index is -3.51. The van der Waals surface area contributed by atoms with Crippen LogP contribution in [0.4, 0.5) is 8.78 Å². The van der Waals surface area contributed by atoms with Gasteiger partial charge in [0.05, 0.1) is 28.9 Å². The number of nitrogens with one attached hydrogen (secondary N) is 2. The Morgan fingerprint density at radius 3 is 2.62 bits per heavy atom. The Labute approximate surface area is 270 Å². The van der Waals surface area contributed by atoms with Gasteiger partial charge in [0.2, 0.25) is 0 Å². The van der Waals surface area contributed by atoms with Crippen LogP contribution in [0.1, 0.15) is 42.3 Å². The summed E-state index contributed by atoms with van der Waals surface area (Å²) in [6.45, 7) is 3.09. The second-order valence-electron chi connectivity index (χ2n) is 11.9. The molecule has 11 nitrogen and oxygen atoms in total. The summed E-state index contributed by atoms with van der Waals surface area (Å²) in [5.74, 6) is -4.06. The predicted octanol–water partition coefficient (Wildman–Crippen LogP) is 4.24. The zero-order valence-electron chi connectivity index (χ0n) is 25.7. The summed E-state index contributed by atoms with van der Waals surface area (Å²) in [5.41, 5.74) is 2.45. The number of hydrogen-bond acceptors (Lipinski definition) is 8. The Morgan fingerprint density at radius 1 is 1.09 bits per heavy atom. The highest BCUT2D eigenvalue weighted by molar-refractivity contribution is 7.91. The molecular weight excluding hydrogens is 634 g/mol. The number of carbonyl (C=O) groups excluding carboxylic acids is 2. The quantitative estimate of drug-likeness (QED) is 0.256. The molecule has 2 aliphatic rings. The van der Waals surface area contributed by atoms with Gasteiger partial charge in [0.15, 0.2) is 21.3 Å². The molecule has 0 aliphatic carbocycles. The van der Waals surface area contributed by atoms with E-state index in [1.807, 2.05) is 12.1 Å². The Bertz CT molecular complexity index is 1930. The average molecular weight is 669 g/mol. The van der Waals surface area contributed by atoms with Crippen molar-refractivity contribution < 1.29 is 41.0 Å². The fraction of sp³-hybridized carbons (Fsp3) is 0.364. The van der Waals surface area contributed by atoms with E-state index in [2.05, 4.69) is 15.7 Å². The molecule has 47 heavy (non-hydrogen) atoms. The molecule has 3 aromatic carbocycles. The number of rotatable bonds is 10. The second kappa shape index (κ2) is 12.8. The van der Waals surface area contributed by atoms with E-state index in [9.17, 15) is 26.8 Å². The molecule has 248 valence electrons. The van der Waals surface area contributed by atoms with Gasteiger partial charge >= 0.3 is 5.92 Å². The van der Waals surface area contributed by atoms with Crippen LogP contribution >= 0.6 is 0 Å². The molecule has 3 atom stereocenters. The number of benzene rings is 3. The van der Waals surface area contributed by atoms with Crippen LogP contribution < -0.4 is 24.8 Å². The van der Waals surface area contributed by atoms with Gasteiger partial charge in [0, 0.05) is 36.4 Å². The molecule has 4 aromatic rings. The number of fused-ring (bicyclic) bond motifs is 2. The number of halogens is 2. The molecule has 3 heterocycles. The average Bonchev–Trinajstić information content (AvgIpc) is 3.63. The molecule has 0 saturated carbocycles. The molecule has 1 fully saturated rings. The predicted molar refractivity (Wildman–Crippen MR) is 169 cm³/mol. The van der Waals surface area contributed by atoms with E-state index in [0.717, 1.165) is 10.9 Å². The molecule has 0 spiro atoms. The molecule has 1 aromatic heterocycles. The van der Waals surface area contributed by atoms with E-state index in [4.69, 9.17) is 14.2 Å². The number of alkyl halides is 2. The maximum Gasteiger partial charge on any atom is 0.321 e. The summed E-state index contributed by atoms with van der Waals surface area (Å²) in [6.07, 6.45) is 1.39. The second-order valence-corrected chi connectivity index (χ2v) is 14.1. The van der Waals surface area contributed by atoms with Crippen molar-refractivity contribution >= 4 is 32.6 Å². The van der Waals surface area contributed by atoms with Crippen LogP contribution in [0.3, 0.4) is 0 Å². The molecule has 0 radical (unpaired) electrons. The summed E-state index contributed by atoms with van der Waals surface area (Å²) in [6, 6.07) is 17.2. The third-order valence-electron chi connectivity index (χ3n) is 8.12. The lowest BCUT2D eigenvalue weighted by Crippen LogP contribution is -2.41. The van der Waals surface area contributed by atoms with Gasteiger partial charge in [0.1, 0.15) is 25.1 Å². The largest absolute Gasteiger partial charge is 0.486 e. The number of nitrogens with zero attached hydrogens (tertiary/aromatic N) is 2. The van der Waals surface area contributed by atoms with E-state index >= 15 is 0 Å². The van der Waals surface area contributed by atoms with Crippen LogP contribution in [0.5, 0.6) is 17.2 Å². The third kappa shape index (κ3) is 7.32. The molecule has 1 saturated heterocycles.